The first-order chi connectivity index (χ1) is 30.7. The van der Waals surface area contributed by atoms with Gasteiger partial charge in [-0.2, -0.15) is 26.3 Å². The van der Waals surface area contributed by atoms with E-state index in [9.17, 15) is 69.9 Å². The molecular weight excluding hydrogens is 991 g/mol. The molecule has 2 aromatic heterocycles. The molecule has 2 aliphatic heterocycles. The molecule has 0 aliphatic carbocycles. The van der Waals surface area contributed by atoms with Gasteiger partial charge in [0, 0.05) is 48.7 Å². The van der Waals surface area contributed by atoms with Crippen LogP contribution in [0.15, 0.2) is 73.1 Å². The number of aliphatic hydroxyl groups is 1. The minimum absolute atomic E-state index is 0.107. The lowest BCUT2D eigenvalue weighted by atomic mass is 9.95. The Morgan fingerprint density at radius 1 is 0.632 bits per heavy atom. The summed E-state index contributed by atoms with van der Waals surface area (Å²) >= 11 is 0. The molecule has 0 amide bonds. The predicted octanol–water partition coefficient (Wildman–Crippen LogP) is 8.12. The number of sulfone groups is 2. The highest BCUT2D eigenvalue weighted by Gasteiger charge is 2.53. The standard InChI is InChI=1S/C24H27F3N2O6S2.C19H19F3N2O5S2/c1-22(2,3)21(30)35-19-18-15(11-9-13-28-18)23(4,5)37(33,34)20(19)14-10-8-12-16(17(14)24(25,26)27)29(6)36(7,31)32;1-18(2)12-8-6-10-23-15(12)16(25)17(31(18,28)29)11-7-5-9-13(14(11)19(20,21)22)24(3)30(4,26)27/h8-13H,1-7H3;5-10,25H,1-4H3. The summed E-state index contributed by atoms with van der Waals surface area (Å²) in [5.41, 5.74) is -7.43. The third kappa shape index (κ3) is 9.20. The van der Waals surface area contributed by atoms with Crippen molar-refractivity contribution in [2.45, 2.75) is 70.3 Å². The van der Waals surface area contributed by atoms with Crippen molar-refractivity contribution in [3.8, 4) is 0 Å². The molecule has 0 unspecified atom stereocenters. The summed E-state index contributed by atoms with van der Waals surface area (Å²) < 4.78 is 192. The number of halogens is 6. The van der Waals surface area contributed by atoms with E-state index in [0.717, 1.165) is 63.0 Å². The second-order valence-electron chi connectivity index (χ2n) is 17.7. The lowest BCUT2D eigenvalue weighted by molar-refractivity contribution is -0.145. The molecule has 0 fully saturated rings. The third-order valence-corrected chi connectivity index (χ3v) is 18.7. The fourth-order valence-electron chi connectivity index (χ4n) is 7.23. The number of carbonyl (C=O) groups excluding carboxylic acids is 1. The zero-order valence-electron chi connectivity index (χ0n) is 38.1. The van der Waals surface area contributed by atoms with Crippen LogP contribution in [0.25, 0.3) is 21.3 Å². The van der Waals surface area contributed by atoms with Gasteiger partial charge in [-0.15, -0.1) is 0 Å². The predicted molar refractivity (Wildman–Crippen MR) is 244 cm³/mol. The second-order valence-corrected chi connectivity index (χ2v) is 26.6. The van der Waals surface area contributed by atoms with Crippen molar-refractivity contribution in [1.82, 2.24) is 9.97 Å². The molecule has 4 heterocycles. The van der Waals surface area contributed by atoms with Gasteiger partial charge in [0.15, 0.2) is 31.2 Å². The van der Waals surface area contributed by atoms with E-state index >= 15 is 0 Å². The highest BCUT2D eigenvalue weighted by atomic mass is 32.2. The van der Waals surface area contributed by atoms with Gasteiger partial charge in [0.1, 0.15) is 21.2 Å². The number of aromatic nitrogens is 2. The van der Waals surface area contributed by atoms with Crippen molar-refractivity contribution in [2.75, 3.05) is 35.2 Å². The fourth-order valence-corrected chi connectivity index (χ4v) is 11.8. The van der Waals surface area contributed by atoms with Crippen LogP contribution in [0.1, 0.15) is 93.2 Å². The maximum atomic E-state index is 14.6. The Kier molecular flexibility index (Phi) is 13.5. The van der Waals surface area contributed by atoms with Gasteiger partial charge in [-0.05, 0) is 72.7 Å². The lowest BCUT2D eigenvalue weighted by Crippen LogP contribution is -2.37. The molecule has 0 atom stereocenters. The fraction of sp³-hybridized carbons (Fsp3) is 0.372. The summed E-state index contributed by atoms with van der Waals surface area (Å²) in [6, 6.07) is 11.6. The maximum Gasteiger partial charge on any atom is 0.419 e. The van der Waals surface area contributed by atoms with Crippen LogP contribution < -0.4 is 8.61 Å². The number of benzene rings is 2. The Morgan fingerprint density at radius 3 is 1.38 bits per heavy atom. The molecule has 0 saturated heterocycles. The van der Waals surface area contributed by atoms with E-state index < -0.39 is 128 Å². The van der Waals surface area contributed by atoms with E-state index in [1.807, 2.05) is 0 Å². The molecule has 0 saturated carbocycles. The van der Waals surface area contributed by atoms with Crippen molar-refractivity contribution in [3.05, 3.63) is 118 Å². The number of sulfonamides is 2. The number of aliphatic hydroxyl groups excluding tert-OH is 1. The summed E-state index contributed by atoms with van der Waals surface area (Å²) in [7, 11) is -15.7. The van der Waals surface area contributed by atoms with Gasteiger partial charge >= 0.3 is 18.3 Å². The monoisotopic (exact) mass is 1040 g/mol. The van der Waals surface area contributed by atoms with Crippen LogP contribution in [0.5, 0.6) is 0 Å². The Hall–Kier alpha value is -5.53. The molecule has 0 spiro atoms. The van der Waals surface area contributed by atoms with Crippen molar-refractivity contribution < 1.29 is 74.7 Å². The molecule has 25 heteroatoms. The molecule has 0 bridgehead atoms. The van der Waals surface area contributed by atoms with Crippen molar-refractivity contribution in [3.63, 3.8) is 0 Å². The van der Waals surface area contributed by atoms with Crippen LogP contribution in [0.4, 0.5) is 37.7 Å². The summed E-state index contributed by atoms with van der Waals surface area (Å²) in [4.78, 5) is 19.2. The number of nitrogens with zero attached hydrogens (tertiary/aromatic N) is 4. The Bertz CT molecular complexity index is 3270. The average molecular weight is 1040 g/mol. The zero-order valence-corrected chi connectivity index (χ0v) is 41.4. The summed E-state index contributed by atoms with van der Waals surface area (Å²) in [6.07, 6.45) is -6.32. The molecule has 0 radical (unpaired) electrons. The van der Waals surface area contributed by atoms with Gasteiger partial charge in [-0.1, -0.05) is 36.4 Å². The molecule has 68 heavy (non-hydrogen) atoms. The molecule has 4 aromatic rings. The highest BCUT2D eigenvalue weighted by molar-refractivity contribution is 8.02. The number of ether oxygens (including phenoxy) is 1. The van der Waals surface area contributed by atoms with E-state index in [1.165, 1.54) is 85.1 Å². The molecule has 1 N–H and O–H groups in total. The van der Waals surface area contributed by atoms with Crippen LogP contribution in [-0.4, -0.2) is 81.3 Å². The van der Waals surface area contributed by atoms with Crippen LogP contribution >= 0.6 is 0 Å². The second kappa shape index (κ2) is 17.2. The van der Waals surface area contributed by atoms with Gasteiger partial charge in [0.2, 0.25) is 20.0 Å². The maximum absolute atomic E-state index is 14.6. The first kappa shape index (κ1) is 53.4. The summed E-state index contributed by atoms with van der Waals surface area (Å²) in [6.45, 7) is 9.72. The number of hydrogen-bond donors (Lipinski definition) is 1. The Morgan fingerprint density at radius 2 is 1.00 bits per heavy atom. The Labute approximate surface area is 390 Å². The van der Waals surface area contributed by atoms with E-state index in [0.29, 0.717) is 8.61 Å². The first-order valence-corrected chi connectivity index (χ1v) is 26.4. The van der Waals surface area contributed by atoms with Gasteiger partial charge in [-0.3, -0.25) is 23.4 Å². The van der Waals surface area contributed by atoms with Crippen LogP contribution in [0.3, 0.4) is 0 Å². The average Bonchev–Trinajstić information content (AvgIpc) is 3.20. The number of anilines is 2. The quantitative estimate of drug-likeness (QED) is 0.137. The van der Waals surface area contributed by atoms with E-state index in [4.69, 9.17) is 4.74 Å². The lowest BCUT2D eigenvalue weighted by Gasteiger charge is -2.35. The Balaban J connectivity index is 0.000000258. The van der Waals surface area contributed by atoms with E-state index in [2.05, 4.69) is 9.97 Å². The number of carbonyl (C=O) groups is 1. The number of rotatable bonds is 7. The van der Waals surface area contributed by atoms with Crippen LogP contribution in [-0.2, 0) is 71.1 Å². The van der Waals surface area contributed by atoms with Crippen LogP contribution in [0.2, 0.25) is 0 Å². The number of esters is 1. The molecule has 15 nitrogen and oxygen atoms in total. The molecule has 370 valence electrons. The molecule has 6 rings (SSSR count). The summed E-state index contributed by atoms with van der Waals surface area (Å²) in [5.74, 6) is -2.48. The molecular formula is C43H46F6N4O11S4. The van der Waals surface area contributed by atoms with Crippen molar-refractivity contribution in [1.29, 1.82) is 0 Å². The van der Waals surface area contributed by atoms with Crippen molar-refractivity contribution >= 4 is 78.4 Å². The SMILES string of the molecule is CN(c1cccc(C2=C(O)c3ncccc3C(C)(C)S2(=O)=O)c1C(F)(F)F)S(C)(=O)=O.CN(c1cccc(C2=C(OC(=O)C(C)(C)C)c3ncccc3C(C)(C)S2(=O)=O)c1C(F)(F)F)S(C)(=O)=O. The number of fused-ring (bicyclic) bond motifs is 2. The highest BCUT2D eigenvalue weighted by Crippen LogP contribution is 2.54. The number of pyridine rings is 2. The van der Waals surface area contributed by atoms with Crippen LogP contribution in [0, 0.1) is 5.41 Å². The van der Waals surface area contributed by atoms with Gasteiger partial charge in [0.25, 0.3) is 0 Å². The van der Waals surface area contributed by atoms with Gasteiger partial charge in [-0.25, -0.2) is 33.7 Å². The summed E-state index contributed by atoms with van der Waals surface area (Å²) in [5, 5.41) is 10.8. The van der Waals surface area contributed by atoms with Gasteiger partial charge < -0.3 is 9.84 Å². The van der Waals surface area contributed by atoms with E-state index in [-0.39, 0.29) is 22.5 Å². The topological polar surface area (TPSA) is 215 Å². The minimum Gasteiger partial charge on any atom is -0.504 e. The van der Waals surface area contributed by atoms with Gasteiger partial charge in [0.05, 0.1) is 49.9 Å². The van der Waals surface area contributed by atoms with Crippen molar-refractivity contribution in [2.24, 2.45) is 5.41 Å². The largest absolute Gasteiger partial charge is 0.504 e. The third-order valence-electron chi connectivity index (χ3n) is 11.3. The number of alkyl halides is 6. The number of hydrogen-bond acceptors (Lipinski definition) is 13. The molecule has 2 aromatic carbocycles. The smallest absolute Gasteiger partial charge is 0.419 e. The minimum atomic E-state index is -5.19. The normalized spacial score (nSPS) is 17.5. The molecule has 2 aliphatic rings. The van der Waals surface area contributed by atoms with E-state index in [1.54, 1.807) is 0 Å². The first-order valence-electron chi connectivity index (χ1n) is 19.8. The zero-order chi connectivity index (χ0) is 51.9.